The summed E-state index contributed by atoms with van der Waals surface area (Å²) in [6, 6.07) is 8.76. The van der Waals surface area contributed by atoms with Crippen LogP contribution in [0.3, 0.4) is 0 Å². The number of carbonyl (C=O) groups is 1. The number of rotatable bonds is 5. The molecule has 1 aromatic carbocycles. The molecule has 25 heavy (non-hydrogen) atoms. The molecular formula is C17H18N6O2. The number of carbonyl (C=O) groups excluding carboxylic acids is 1. The van der Waals surface area contributed by atoms with Crippen molar-refractivity contribution in [2.24, 2.45) is 7.05 Å². The molecule has 2 amide bonds. The summed E-state index contributed by atoms with van der Waals surface area (Å²) in [4.78, 5) is 20.4. The molecule has 0 unspecified atom stereocenters. The molecule has 3 rings (SSSR count). The average Bonchev–Trinajstić information content (AvgIpc) is 3.02. The topological polar surface area (TPSA) is 94.0 Å². The lowest BCUT2D eigenvalue weighted by Crippen LogP contribution is -2.29. The third-order valence-corrected chi connectivity index (χ3v) is 3.59. The smallest absolute Gasteiger partial charge is 0.319 e. The van der Waals surface area contributed by atoms with E-state index in [0.29, 0.717) is 29.4 Å². The van der Waals surface area contributed by atoms with Gasteiger partial charge in [0, 0.05) is 19.4 Å². The first-order valence-electron chi connectivity index (χ1n) is 7.64. The molecule has 2 heterocycles. The molecule has 0 spiro atoms. The number of urea groups is 1. The molecule has 0 atom stereocenters. The van der Waals surface area contributed by atoms with Crippen molar-refractivity contribution in [3.8, 4) is 17.1 Å². The number of aromatic nitrogens is 4. The standard InChI is InChI=1S/C17H18N6O2/c1-23-12(9-14(22-23)15-11-18-7-8-19-15)10-20-17(24)21-13-5-3-4-6-16(13)25-2/h3-9,11H,10H2,1-2H3,(H2,20,21,24). The van der Waals surface area contributed by atoms with Crippen LogP contribution in [0.25, 0.3) is 11.4 Å². The first-order valence-corrected chi connectivity index (χ1v) is 7.64. The van der Waals surface area contributed by atoms with Crippen LogP contribution in [-0.4, -0.2) is 32.9 Å². The highest BCUT2D eigenvalue weighted by Crippen LogP contribution is 2.22. The van der Waals surface area contributed by atoms with Crippen LogP contribution in [0, 0.1) is 0 Å². The number of methoxy groups -OCH3 is 1. The van der Waals surface area contributed by atoms with Crippen molar-refractivity contribution in [2.45, 2.75) is 6.54 Å². The molecule has 0 radical (unpaired) electrons. The molecule has 0 bridgehead atoms. The van der Waals surface area contributed by atoms with E-state index in [-0.39, 0.29) is 6.03 Å². The maximum absolute atomic E-state index is 12.1. The fourth-order valence-electron chi connectivity index (χ4n) is 2.31. The Morgan fingerprint density at radius 3 is 2.84 bits per heavy atom. The highest BCUT2D eigenvalue weighted by Gasteiger charge is 2.11. The van der Waals surface area contributed by atoms with Gasteiger partial charge in [0.2, 0.25) is 0 Å². The van der Waals surface area contributed by atoms with E-state index in [9.17, 15) is 4.79 Å². The van der Waals surface area contributed by atoms with Crippen molar-refractivity contribution in [1.29, 1.82) is 0 Å². The SMILES string of the molecule is COc1ccccc1NC(=O)NCc1cc(-c2cnccn2)nn1C. The third-order valence-electron chi connectivity index (χ3n) is 3.59. The summed E-state index contributed by atoms with van der Waals surface area (Å²) in [6.07, 6.45) is 4.87. The van der Waals surface area contributed by atoms with E-state index in [1.807, 2.05) is 25.2 Å². The van der Waals surface area contributed by atoms with Crippen molar-refractivity contribution in [3.63, 3.8) is 0 Å². The van der Waals surface area contributed by atoms with Gasteiger partial charge in [-0.2, -0.15) is 5.10 Å². The second-order valence-electron chi connectivity index (χ2n) is 5.24. The third kappa shape index (κ3) is 3.92. The lowest BCUT2D eigenvalue weighted by atomic mass is 10.3. The van der Waals surface area contributed by atoms with Crippen LogP contribution in [0.4, 0.5) is 10.5 Å². The van der Waals surface area contributed by atoms with Crippen molar-refractivity contribution < 1.29 is 9.53 Å². The molecule has 3 aromatic rings. The molecule has 2 N–H and O–H groups in total. The molecule has 0 aliphatic heterocycles. The number of nitrogens with one attached hydrogen (secondary N) is 2. The van der Waals surface area contributed by atoms with E-state index < -0.39 is 0 Å². The van der Waals surface area contributed by atoms with Gasteiger partial charge in [-0.15, -0.1) is 0 Å². The molecular weight excluding hydrogens is 320 g/mol. The van der Waals surface area contributed by atoms with E-state index in [2.05, 4.69) is 25.7 Å². The quantitative estimate of drug-likeness (QED) is 0.744. The minimum Gasteiger partial charge on any atom is -0.495 e. The Labute approximate surface area is 144 Å². The summed E-state index contributed by atoms with van der Waals surface area (Å²) in [5, 5.41) is 9.96. The second-order valence-corrected chi connectivity index (χ2v) is 5.24. The van der Waals surface area contributed by atoms with Gasteiger partial charge in [0.05, 0.1) is 31.2 Å². The average molecular weight is 338 g/mol. The van der Waals surface area contributed by atoms with Crippen LogP contribution in [0.15, 0.2) is 48.9 Å². The van der Waals surface area contributed by atoms with Crippen LogP contribution in [0.1, 0.15) is 5.69 Å². The number of ether oxygens (including phenoxy) is 1. The largest absolute Gasteiger partial charge is 0.495 e. The predicted molar refractivity (Wildman–Crippen MR) is 93.1 cm³/mol. The molecule has 8 nitrogen and oxygen atoms in total. The van der Waals surface area contributed by atoms with Gasteiger partial charge in [0.25, 0.3) is 0 Å². The van der Waals surface area contributed by atoms with E-state index >= 15 is 0 Å². The van der Waals surface area contributed by atoms with E-state index in [1.165, 1.54) is 0 Å². The normalized spacial score (nSPS) is 10.3. The number of aryl methyl sites for hydroxylation is 1. The lowest BCUT2D eigenvalue weighted by Gasteiger charge is -2.10. The molecule has 128 valence electrons. The predicted octanol–water partition coefficient (Wildman–Crippen LogP) is 2.21. The summed E-state index contributed by atoms with van der Waals surface area (Å²) >= 11 is 0. The van der Waals surface area contributed by atoms with Gasteiger partial charge in [-0.25, -0.2) is 4.79 Å². The summed E-state index contributed by atoms with van der Waals surface area (Å²) in [5.74, 6) is 0.600. The maximum Gasteiger partial charge on any atom is 0.319 e. The van der Waals surface area contributed by atoms with Gasteiger partial charge in [0.15, 0.2) is 0 Å². The monoisotopic (exact) mass is 338 g/mol. The van der Waals surface area contributed by atoms with E-state index in [0.717, 1.165) is 5.69 Å². The van der Waals surface area contributed by atoms with Crippen molar-refractivity contribution >= 4 is 11.7 Å². The Morgan fingerprint density at radius 1 is 1.24 bits per heavy atom. The molecule has 2 aromatic heterocycles. The highest BCUT2D eigenvalue weighted by atomic mass is 16.5. The Kier molecular flexibility index (Phi) is 4.89. The summed E-state index contributed by atoms with van der Waals surface area (Å²) in [5.41, 5.74) is 2.84. The Morgan fingerprint density at radius 2 is 2.08 bits per heavy atom. The van der Waals surface area contributed by atoms with Gasteiger partial charge in [0.1, 0.15) is 17.1 Å². The van der Waals surface area contributed by atoms with Crippen molar-refractivity contribution in [3.05, 3.63) is 54.6 Å². The zero-order valence-corrected chi connectivity index (χ0v) is 13.9. The van der Waals surface area contributed by atoms with Gasteiger partial charge >= 0.3 is 6.03 Å². The number of amides is 2. The van der Waals surface area contributed by atoms with Crippen LogP contribution in [0.2, 0.25) is 0 Å². The summed E-state index contributed by atoms with van der Waals surface area (Å²) in [6.45, 7) is 0.324. The second kappa shape index (κ2) is 7.43. The van der Waals surface area contributed by atoms with Crippen molar-refractivity contribution in [2.75, 3.05) is 12.4 Å². The van der Waals surface area contributed by atoms with E-state index in [1.54, 1.807) is 42.5 Å². The minimum atomic E-state index is -0.327. The first-order chi connectivity index (χ1) is 12.2. The lowest BCUT2D eigenvalue weighted by molar-refractivity contribution is 0.251. The minimum absolute atomic E-state index is 0.324. The maximum atomic E-state index is 12.1. The zero-order valence-electron chi connectivity index (χ0n) is 13.9. The number of nitrogens with zero attached hydrogens (tertiary/aromatic N) is 4. The van der Waals surface area contributed by atoms with Crippen molar-refractivity contribution in [1.82, 2.24) is 25.1 Å². The number of benzene rings is 1. The molecule has 0 fully saturated rings. The van der Waals surface area contributed by atoms with Gasteiger partial charge in [-0.05, 0) is 18.2 Å². The zero-order chi connectivity index (χ0) is 17.6. The molecule has 0 aliphatic rings. The van der Waals surface area contributed by atoms with Crippen LogP contribution >= 0.6 is 0 Å². The van der Waals surface area contributed by atoms with Gasteiger partial charge in [-0.3, -0.25) is 14.6 Å². The Hall–Kier alpha value is -3.42. The number of para-hydroxylation sites is 2. The molecule has 0 saturated heterocycles. The number of hydrogen-bond acceptors (Lipinski definition) is 5. The molecule has 8 heteroatoms. The fraction of sp³-hybridized carbons (Fsp3) is 0.176. The highest BCUT2D eigenvalue weighted by molar-refractivity contribution is 5.90. The van der Waals surface area contributed by atoms with Gasteiger partial charge < -0.3 is 15.4 Å². The summed E-state index contributed by atoms with van der Waals surface area (Å²) in [7, 11) is 3.37. The first kappa shape index (κ1) is 16.4. The Bertz CT molecular complexity index is 863. The molecule has 0 saturated carbocycles. The van der Waals surface area contributed by atoms with Gasteiger partial charge in [-0.1, -0.05) is 12.1 Å². The number of anilines is 1. The van der Waals surface area contributed by atoms with Crippen LogP contribution in [0.5, 0.6) is 5.75 Å². The number of hydrogen-bond donors (Lipinski definition) is 2. The van der Waals surface area contributed by atoms with Crippen LogP contribution < -0.4 is 15.4 Å². The molecule has 0 aliphatic carbocycles. The fourth-order valence-corrected chi connectivity index (χ4v) is 2.31. The Balaban J connectivity index is 1.64. The van der Waals surface area contributed by atoms with E-state index in [4.69, 9.17) is 4.74 Å². The summed E-state index contributed by atoms with van der Waals surface area (Å²) < 4.78 is 6.91. The van der Waals surface area contributed by atoms with Crippen LogP contribution in [-0.2, 0) is 13.6 Å².